The van der Waals surface area contributed by atoms with Crippen LogP contribution in [0.2, 0.25) is 0 Å². The maximum Gasteiger partial charge on any atom is 0.460 e. The van der Waals surface area contributed by atoms with E-state index >= 15 is 0 Å². The van der Waals surface area contributed by atoms with Gasteiger partial charge < -0.3 is 0 Å². The topological polar surface area (TPSA) is 60.4 Å². The second-order valence-corrected chi connectivity index (χ2v) is 10.5. The van der Waals surface area contributed by atoms with E-state index in [1.165, 1.54) is 0 Å². The molecule has 0 spiro atoms. The lowest BCUT2D eigenvalue weighted by atomic mass is 9.91. The molecule has 23 heteroatoms. The summed E-state index contributed by atoms with van der Waals surface area (Å²) in [5, 5.41) is -7.70. The standard InChI is InChI=1S/C13H8F17O4S2/c14-6(15,8(18,19)10(22,23)12(26,27)28)7(16,17)9(20,21)11(24,25)13(29,30)36(32,33)34-35-3-1-5(31)2-4-35/h1-4H2/q+1. The molecule has 1 aliphatic heterocycles. The molecule has 0 radical (unpaired) electrons. The van der Waals surface area contributed by atoms with Crippen molar-refractivity contribution in [3.05, 3.63) is 0 Å². The van der Waals surface area contributed by atoms with Crippen molar-refractivity contribution in [2.45, 2.75) is 59.8 Å². The third kappa shape index (κ3) is 4.49. The van der Waals surface area contributed by atoms with Gasteiger partial charge in [-0.25, -0.2) is 0 Å². The molecule has 0 atom stereocenters. The molecule has 0 N–H and O–H groups in total. The first-order valence-electron chi connectivity index (χ1n) is 8.32. The van der Waals surface area contributed by atoms with E-state index in [9.17, 15) is 87.8 Å². The quantitative estimate of drug-likeness (QED) is 0.265. The van der Waals surface area contributed by atoms with E-state index < -0.39 is 98.4 Å². The Kier molecular flexibility index (Phi) is 8.10. The van der Waals surface area contributed by atoms with Crippen LogP contribution in [-0.4, -0.2) is 72.7 Å². The van der Waals surface area contributed by atoms with E-state index in [2.05, 4.69) is 3.63 Å². The molecule has 0 saturated carbocycles. The van der Waals surface area contributed by atoms with Gasteiger partial charge in [0.2, 0.25) is 0 Å². The Morgan fingerprint density at radius 1 is 0.556 bits per heavy atom. The minimum absolute atomic E-state index is 0.635. The molecular weight excluding hydrogens is 607 g/mol. The zero-order valence-corrected chi connectivity index (χ0v) is 17.8. The fraction of sp³-hybridized carbons (Fsp3) is 0.923. The molecule has 1 rings (SSSR count). The van der Waals surface area contributed by atoms with Crippen LogP contribution in [0.3, 0.4) is 0 Å². The zero-order chi connectivity index (χ0) is 29.2. The molecule has 36 heavy (non-hydrogen) atoms. The Morgan fingerprint density at radius 2 is 0.861 bits per heavy atom. The van der Waals surface area contributed by atoms with Crippen molar-refractivity contribution in [3.8, 4) is 0 Å². The molecule has 0 aromatic carbocycles. The Balaban J connectivity index is 3.57. The van der Waals surface area contributed by atoms with Crippen LogP contribution in [0, 0.1) is 0 Å². The number of alkyl halides is 17. The minimum atomic E-state index is -8.89. The molecule has 0 amide bonds. The number of halogens is 17. The maximum atomic E-state index is 13.8. The van der Waals surface area contributed by atoms with Crippen LogP contribution < -0.4 is 0 Å². The summed E-state index contributed by atoms with van der Waals surface area (Å²) in [5.41, 5.74) is 0. The summed E-state index contributed by atoms with van der Waals surface area (Å²) in [6, 6.07) is 0. The van der Waals surface area contributed by atoms with Crippen LogP contribution in [0.25, 0.3) is 0 Å². The van der Waals surface area contributed by atoms with E-state index in [1.807, 2.05) is 0 Å². The first-order chi connectivity index (χ1) is 15.5. The number of rotatable bonds is 9. The number of hydrogen-bond acceptors (Lipinski definition) is 4. The minimum Gasteiger partial charge on any atom is -0.299 e. The van der Waals surface area contributed by atoms with Gasteiger partial charge in [-0.1, -0.05) is 0 Å². The molecule has 214 valence electrons. The smallest absolute Gasteiger partial charge is 0.299 e. The van der Waals surface area contributed by atoms with Crippen LogP contribution in [0.1, 0.15) is 12.8 Å². The fourth-order valence-corrected chi connectivity index (χ4v) is 5.68. The van der Waals surface area contributed by atoms with Gasteiger partial charge in [-0.2, -0.15) is 83.1 Å². The van der Waals surface area contributed by atoms with Gasteiger partial charge in [-0.15, -0.1) is 0 Å². The molecule has 1 saturated heterocycles. The highest BCUT2D eigenvalue weighted by Gasteiger charge is 2.96. The molecule has 1 aliphatic rings. The number of Topliss-reactive ketones (excluding diaryl/α,β-unsaturated/α-hetero) is 1. The van der Waals surface area contributed by atoms with Crippen molar-refractivity contribution in [1.82, 2.24) is 0 Å². The van der Waals surface area contributed by atoms with E-state index in [4.69, 9.17) is 0 Å². The third-order valence-electron chi connectivity index (χ3n) is 4.41. The average molecular weight is 615 g/mol. The zero-order valence-electron chi connectivity index (χ0n) is 16.2. The molecular formula is C13H8F17O4S2+. The van der Waals surface area contributed by atoms with Gasteiger partial charge >= 0.3 is 57.1 Å². The highest BCUT2D eigenvalue weighted by molar-refractivity contribution is 8.03. The van der Waals surface area contributed by atoms with Gasteiger partial charge in [0.05, 0.1) is 12.8 Å². The number of hydrogen-bond donors (Lipinski definition) is 0. The molecule has 4 nitrogen and oxygen atoms in total. The normalized spacial score (nSPS) is 19.1. The van der Waals surface area contributed by atoms with Crippen LogP contribution >= 0.6 is 0 Å². The highest BCUT2D eigenvalue weighted by atomic mass is 32.3. The van der Waals surface area contributed by atoms with Gasteiger partial charge in [0, 0.05) is 0 Å². The van der Waals surface area contributed by atoms with Crippen LogP contribution in [0.15, 0.2) is 0 Å². The predicted molar refractivity (Wildman–Crippen MR) is 82.0 cm³/mol. The SMILES string of the molecule is O=C1CC[S+](OS(=O)(=O)C(F)(F)C(F)(F)C(F)(F)C(F)(F)C(F)(F)C(F)(F)C(F)(F)C(F)(F)F)CC1. The second kappa shape index (κ2) is 8.90. The summed E-state index contributed by atoms with van der Waals surface area (Å²) in [6.45, 7) is 0. The van der Waals surface area contributed by atoms with E-state index in [1.54, 1.807) is 0 Å². The summed E-state index contributed by atoms with van der Waals surface area (Å²) < 4.78 is 250. The first kappa shape index (κ1) is 32.8. The van der Waals surface area contributed by atoms with E-state index in [-0.39, 0.29) is 0 Å². The summed E-state index contributed by atoms with van der Waals surface area (Å²) in [4.78, 5) is 11.0. The van der Waals surface area contributed by atoms with Gasteiger partial charge in [0.1, 0.15) is 17.3 Å². The van der Waals surface area contributed by atoms with E-state index in [0.29, 0.717) is 0 Å². The Bertz CT molecular complexity index is 946. The molecule has 1 fully saturated rings. The largest absolute Gasteiger partial charge is 0.460 e. The van der Waals surface area contributed by atoms with Gasteiger partial charge in [0.15, 0.2) is 11.2 Å². The highest BCUT2D eigenvalue weighted by Crippen LogP contribution is 2.64. The summed E-state index contributed by atoms with van der Waals surface area (Å²) in [5.74, 6) is -54.2. The predicted octanol–water partition coefficient (Wildman–Crippen LogP) is 5.20. The Hall–Kier alpha value is -1.26. The van der Waals surface area contributed by atoms with Crippen molar-refractivity contribution in [2.24, 2.45) is 0 Å². The first-order valence-corrected chi connectivity index (χ1v) is 11.2. The molecule has 1 heterocycles. The monoisotopic (exact) mass is 615 g/mol. The van der Waals surface area contributed by atoms with Crippen LogP contribution in [0.5, 0.6) is 0 Å². The average Bonchev–Trinajstić information content (AvgIpc) is 2.67. The third-order valence-corrected chi connectivity index (χ3v) is 8.10. The van der Waals surface area contributed by atoms with Crippen LogP contribution in [0.4, 0.5) is 74.6 Å². The number of carbonyl (C=O) groups is 1. The summed E-state index contributed by atoms with van der Waals surface area (Å²) in [6.07, 6.45) is -9.16. The summed E-state index contributed by atoms with van der Waals surface area (Å²) in [7, 11) is -7.57. The summed E-state index contributed by atoms with van der Waals surface area (Å²) >= 11 is -2.46. The molecule has 0 aliphatic carbocycles. The van der Waals surface area contributed by atoms with Crippen LogP contribution in [-0.2, 0) is 29.7 Å². The maximum absolute atomic E-state index is 13.8. The van der Waals surface area contributed by atoms with Crippen molar-refractivity contribution in [3.63, 3.8) is 0 Å². The van der Waals surface area contributed by atoms with Gasteiger partial charge in [-0.3, -0.25) is 4.79 Å². The van der Waals surface area contributed by atoms with Crippen molar-refractivity contribution >= 4 is 27.1 Å². The fourth-order valence-electron chi connectivity index (χ4n) is 2.23. The van der Waals surface area contributed by atoms with E-state index in [0.717, 1.165) is 0 Å². The number of ketones is 1. The lowest BCUT2D eigenvalue weighted by Gasteiger charge is -2.42. The van der Waals surface area contributed by atoms with Crippen molar-refractivity contribution in [2.75, 3.05) is 11.5 Å². The number of carbonyl (C=O) groups excluding carboxylic acids is 1. The molecule has 0 aromatic heterocycles. The van der Waals surface area contributed by atoms with Gasteiger partial charge in [0.25, 0.3) is 0 Å². The Morgan fingerprint density at radius 3 is 1.19 bits per heavy atom. The molecule has 0 bridgehead atoms. The second-order valence-electron chi connectivity index (χ2n) is 6.87. The molecule has 0 aromatic rings. The van der Waals surface area contributed by atoms with Gasteiger partial charge in [-0.05, 0) is 3.63 Å². The lowest BCUT2D eigenvalue weighted by Crippen LogP contribution is -2.75. The Labute approximate surface area is 190 Å². The van der Waals surface area contributed by atoms with Crippen molar-refractivity contribution in [1.29, 1.82) is 0 Å². The lowest BCUT2D eigenvalue weighted by molar-refractivity contribution is -0.458. The molecule has 0 unspecified atom stereocenters. The van der Waals surface area contributed by atoms with Crippen molar-refractivity contribution < 1.29 is 91.5 Å².